The Morgan fingerprint density at radius 1 is 0.613 bits per heavy atom. The highest BCUT2D eigenvalue weighted by Gasteiger charge is 2.12. The van der Waals surface area contributed by atoms with Crippen LogP contribution in [0, 0.1) is 0 Å². The van der Waals surface area contributed by atoms with E-state index in [9.17, 15) is 0 Å². The van der Waals surface area contributed by atoms with Gasteiger partial charge in [0.15, 0.2) is 0 Å². The van der Waals surface area contributed by atoms with Gasteiger partial charge in [0.1, 0.15) is 0 Å². The Bertz CT molecular complexity index is 1130. The van der Waals surface area contributed by atoms with Gasteiger partial charge >= 0.3 is 0 Å². The quantitative estimate of drug-likeness (QED) is 0.323. The molecule has 4 aromatic carbocycles. The molecule has 0 unspecified atom stereocenters. The molecule has 0 fully saturated rings. The number of para-hydroxylation sites is 2. The van der Waals surface area contributed by atoms with E-state index in [0.29, 0.717) is 0 Å². The van der Waals surface area contributed by atoms with Gasteiger partial charge in [0.2, 0.25) is 0 Å². The van der Waals surface area contributed by atoms with Gasteiger partial charge in [-0.2, -0.15) is 0 Å². The number of rotatable bonds is 6. The van der Waals surface area contributed by atoms with Crippen molar-refractivity contribution in [3.63, 3.8) is 0 Å². The van der Waals surface area contributed by atoms with Crippen molar-refractivity contribution in [1.82, 2.24) is 0 Å². The van der Waals surface area contributed by atoms with Crippen LogP contribution in [0.5, 0.6) is 0 Å². The fraction of sp³-hybridized carbons (Fsp3) is 0.0690. The average Bonchev–Trinajstić information content (AvgIpc) is 2.81. The van der Waals surface area contributed by atoms with Crippen LogP contribution in [-0.2, 0) is 0 Å². The zero-order valence-electron chi connectivity index (χ0n) is 17.9. The van der Waals surface area contributed by atoms with Gasteiger partial charge in [-0.25, -0.2) is 0 Å². The lowest BCUT2D eigenvalue weighted by Gasteiger charge is -2.18. The Labute approximate surface area is 184 Å². The molecule has 4 rings (SSSR count). The van der Waals surface area contributed by atoms with E-state index in [2.05, 4.69) is 85.0 Å². The summed E-state index contributed by atoms with van der Waals surface area (Å²) in [5, 5.41) is 3.67. The van der Waals surface area contributed by atoms with Gasteiger partial charge in [-0.3, -0.25) is 4.99 Å². The number of hydrogen-bond acceptors (Lipinski definition) is 2. The predicted octanol–water partition coefficient (Wildman–Crippen LogP) is 8.13. The van der Waals surface area contributed by atoms with Crippen molar-refractivity contribution in [3.05, 3.63) is 121 Å². The SMILES string of the molecule is C/C(=C/C(C)=N/c1ccccc1)Nc1c(-c2ccccc2)cccc1-c1ccccc1. The predicted molar refractivity (Wildman–Crippen MR) is 134 cm³/mol. The fourth-order valence-electron chi connectivity index (χ4n) is 3.69. The number of benzene rings is 4. The highest BCUT2D eigenvalue weighted by atomic mass is 14.9. The summed E-state index contributed by atoms with van der Waals surface area (Å²) in [5.41, 5.74) is 8.77. The second-order valence-electron chi connectivity index (χ2n) is 7.50. The van der Waals surface area contributed by atoms with Gasteiger partial charge < -0.3 is 5.32 Å². The Morgan fingerprint density at radius 3 is 1.61 bits per heavy atom. The molecule has 0 atom stereocenters. The Balaban J connectivity index is 1.74. The maximum absolute atomic E-state index is 4.70. The Morgan fingerprint density at radius 2 is 1.10 bits per heavy atom. The zero-order valence-corrected chi connectivity index (χ0v) is 17.9. The van der Waals surface area contributed by atoms with Crippen LogP contribution in [0.2, 0.25) is 0 Å². The summed E-state index contributed by atoms with van der Waals surface area (Å²) in [7, 11) is 0. The van der Waals surface area contributed by atoms with Crippen LogP contribution in [0.15, 0.2) is 126 Å². The first-order valence-electron chi connectivity index (χ1n) is 10.5. The van der Waals surface area contributed by atoms with Crippen molar-refractivity contribution in [2.24, 2.45) is 4.99 Å². The molecule has 0 aliphatic rings. The summed E-state index contributed by atoms with van der Waals surface area (Å²) in [6.45, 7) is 4.11. The highest BCUT2D eigenvalue weighted by molar-refractivity contribution is 5.97. The van der Waals surface area contributed by atoms with Crippen molar-refractivity contribution in [2.45, 2.75) is 13.8 Å². The van der Waals surface area contributed by atoms with Crippen molar-refractivity contribution >= 4 is 17.1 Å². The monoisotopic (exact) mass is 402 g/mol. The molecule has 2 nitrogen and oxygen atoms in total. The standard InChI is InChI=1S/C29H26N2/c1-22(30-26-17-10-5-11-18-26)21-23(2)31-29-27(24-13-6-3-7-14-24)19-12-20-28(29)25-15-8-4-9-16-25/h3-21,31H,1-2H3/b23-21-,30-22+. The second kappa shape index (κ2) is 9.73. The molecule has 0 aliphatic heterocycles. The van der Waals surface area contributed by atoms with Crippen molar-refractivity contribution in [3.8, 4) is 22.3 Å². The number of anilines is 1. The van der Waals surface area contributed by atoms with Gasteiger partial charge in [0.05, 0.1) is 11.4 Å². The van der Waals surface area contributed by atoms with Gasteiger partial charge in [0, 0.05) is 22.5 Å². The lowest BCUT2D eigenvalue weighted by atomic mass is 9.95. The molecule has 4 aromatic rings. The molecule has 0 bridgehead atoms. The third-order valence-corrected chi connectivity index (χ3v) is 5.04. The van der Waals surface area contributed by atoms with Gasteiger partial charge in [0.25, 0.3) is 0 Å². The van der Waals surface area contributed by atoms with Crippen LogP contribution >= 0.6 is 0 Å². The molecule has 31 heavy (non-hydrogen) atoms. The van der Waals surface area contributed by atoms with Crippen LogP contribution in [0.1, 0.15) is 13.8 Å². The molecule has 0 spiro atoms. The van der Waals surface area contributed by atoms with Gasteiger partial charge in [-0.05, 0) is 43.2 Å². The number of nitrogens with zero attached hydrogens (tertiary/aromatic N) is 1. The molecule has 0 amide bonds. The molecular formula is C29H26N2. The summed E-state index contributed by atoms with van der Waals surface area (Å²) in [6, 6.07) is 37.5. The van der Waals surface area contributed by atoms with Crippen LogP contribution in [0.3, 0.4) is 0 Å². The third-order valence-electron chi connectivity index (χ3n) is 5.04. The Hall–Kier alpha value is -3.91. The van der Waals surface area contributed by atoms with Gasteiger partial charge in [-0.1, -0.05) is 97.1 Å². The molecular weight excluding hydrogens is 376 g/mol. The van der Waals surface area contributed by atoms with Crippen molar-refractivity contribution < 1.29 is 0 Å². The third kappa shape index (κ3) is 5.18. The minimum absolute atomic E-state index is 0.953. The van der Waals surface area contributed by atoms with Crippen molar-refractivity contribution in [2.75, 3.05) is 5.32 Å². The maximum Gasteiger partial charge on any atom is 0.0632 e. The molecule has 0 saturated carbocycles. The molecule has 0 saturated heterocycles. The smallest absolute Gasteiger partial charge is 0.0632 e. The average molecular weight is 403 g/mol. The Kier molecular flexibility index (Phi) is 6.39. The lowest BCUT2D eigenvalue weighted by molar-refractivity contribution is 1.37. The summed E-state index contributed by atoms with van der Waals surface area (Å²) < 4.78 is 0. The van der Waals surface area contributed by atoms with Crippen LogP contribution in [-0.4, -0.2) is 5.71 Å². The second-order valence-corrected chi connectivity index (χ2v) is 7.50. The van der Waals surface area contributed by atoms with Crippen LogP contribution in [0.4, 0.5) is 11.4 Å². The van der Waals surface area contributed by atoms with E-state index < -0.39 is 0 Å². The molecule has 0 aromatic heterocycles. The van der Waals surface area contributed by atoms with Crippen molar-refractivity contribution in [1.29, 1.82) is 0 Å². The van der Waals surface area contributed by atoms with E-state index >= 15 is 0 Å². The molecule has 152 valence electrons. The normalized spacial score (nSPS) is 11.9. The van der Waals surface area contributed by atoms with E-state index in [1.54, 1.807) is 0 Å². The summed E-state index contributed by atoms with van der Waals surface area (Å²) in [6.07, 6.45) is 2.09. The highest BCUT2D eigenvalue weighted by Crippen LogP contribution is 2.37. The molecule has 2 heteroatoms. The first-order chi connectivity index (χ1) is 15.2. The van der Waals surface area contributed by atoms with E-state index in [0.717, 1.165) is 22.8 Å². The van der Waals surface area contributed by atoms with E-state index in [1.165, 1.54) is 22.3 Å². The number of nitrogens with one attached hydrogen (secondary N) is 1. The number of hydrogen-bond donors (Lipinski definition) is 1. The molecule has 0 aliphatic carbocycles. The first-order valence-corrected chi connectivity index (χ1v) is 10.5. The summed E-state index contributed by atoms with van der Waals surface area (Å²) in [4.78, 5) is 4.70. The summed E-state index contributed by atoms with van der Waals surface area (Å²) >= 11 is 0. The van der Waals surface area contributed by atoms with Gasteiger partial charge in [-0.15, -0.1) is 0 Å². The van der Waals surface area contributed by atoms with E-state index in [-0.39, 0.29) is 0 Å². The lowest BCUT2D eigenvalue weighted by Crippen LogP contribution is -2.02. The fourth-order valence-corrected chi connectivity index (χ4v) is 3.69. The van der Waals surface area contributed by atoms with E-state index in [1.807, 2.05) is 49.4 Å². The number of aliphatic imine (C=N–C) groups is 1. The minimum atomic E-state index is 0.953. The largest absolute Gasteiger partial charge is 0.358 e. The van der Waals surface area contributed by atoms with Crippen LogP contribution < -0.4 is 5.32 Å². The maximum atomic E-state index is 4.70. The molecule has 0 heterocycles. The van der Waals surface area contributed by atoms with Crippen LogP contribution in [0.25, 0.3) is 22.3 Å². The molecule has 1 N–H and O–H groups in total. The van der Waals surface area contributed by atoms with E-state index in [4.69, 9.17) is 4.99 Å². The zero-order chi connectivity index (χ0) is 21.5. The first kappa shape index (κ1) is 20.4. The summed E-state index contributed by atoms with van der Waals surface area (Å²) in [5.74, 6) is 0. The number of allylic oxidation sites excluding steroid dienone is 2. The topological polar surface area (TPSA) is 24.4 Å². The molecule has 0 radical (unpaired) electrons. The minimum Gasteiger partial charge on any atom is -0.358 e.